The van der Waals surface area contributed by atoms with E-state index in [0.717, 1.165) is 22.7 Å². The largest absolute Gasteiger partial charge is 0.382 e. The molecule has 1 aromatic carbocycles. The van der Waals surface area contributed by atoms with Crippen LogP contribution in [-0.4, -0.2) is 6.04 Å². The summed E-state index contributed by atoms with van der Waals surface area (Å²) in [5.41, 5.74) is 2.81. The van der Waals surface area contributed by atoms with Crippen LogP contribution >= 0.6 is 0 Å². The van der Waals surface area contributed by atoms with Crippen molar-refractivity contribution < 1.29 is 0 Å². The second-order valence-corrected chi connectivity index (χ2v) is 4.83. The molecule has 0 radical (unpaired) electrons. The van der Waals surface area contributed by atoms with Gasteiger partial charge < -0.3 is 5.32 Å². The molecule has 0 bridgehead atoms. The number of nitrogens with zero attached hydrogens (tertiary/aromatic N) is 1. The van der Waals surface area contributed by atoms with Gasteiger partial charge in [0.2, 0.25) is 0 Å². The van der Waals surface area contributed by atoms with E-state index in [1.807, 2.05) is 25.1 Å². The van der Waals surface area contributed by atoms with Gasteiger partial charge in [-0.3, -0.25) is 0 Å². The average Bonchev–Trinajstić information content (AvgIpc) is 3.02. The molecule has 1 unspecified atom stereocenters. The molecular weight excluding hydrogens is 196 g/mol. The lowest BCUT2D eigenvalue weighted by Gasteiger charge is -2.16. The minimum absolute atomic E-state index is 0.460. The van der Waals surface area contributed by atoms with Crippen molar-refractivity contribution in [1.29, 1.82) is 5.26 Å². The lowest BCUT2D eigenvalue weighted by atomic mass is 10.1. The van der Waals surface area contributed by atoms with Gasteiger partial charge in [-0.15, -0.1) is 0 Å². The second-order valence-electron chi connectivity index (χ2n) is 4.83. The molecule has 1 atom stereocenters. The van der Waals surface area contributed by atoms with Crippen LogP contribution in [-0.2, 0) is 0 Å². The van der Waals surface area contributed by atoms with E-state index in [9.17, 15) is 0 Å². The summed E-state index contributed by atoms with van der Waals surface area (Å²) in [6.07, 6.45) is 3.98. The molecular formula is C14H18N2. The number of hydrogen-bond donors (Lipinski definition) is 1. The summed E-state index contributed by atoms with van der Waals surface area (Å²) in [6, 6.07) is 8.71. The molecule has 2 heteroatoms. The van der Waals surface area contributed by atoms with E-state index in [-0.39, 0.29) is 0 Å². The molecule has 0 saturated heterocycles. The Morgan fingerprint density at radius 1 is 1.50 bits per heavy atom. The van der Waals surface area contributed by atoms with Gasteiger partial charge in [0.25, 0.3) is 0 Å². The molecule has 16 heavy (non-hydrogen) atoms. The van der Waals surface area contributed by atoms with Gasteiger partial charge in [0, 0.05) is 6.04 Å². The van der Waals surface area contributed by atoms with E-state index in [4.69, 9.17) is 5.26 Å². The molecule has 1 aliphatic rings. The zero-order valence-electron chi connectivity index (χ0n) is 9.96. The maximum absolute atomic E-state index is 9.12. The van der Waals surface area contributed by atoms with E-state index in [0.29, 0.717) is 6.04 Å². The fourth-order valence-corrected chi connectivity index (χ4v) is 2.11. The summed E-state index contributed by atoms with van der Waals surface area (Å²) in [6.45, 7) is 4.18. The van der Waals surface area contributed by atoms with E-state index < -0.39 is 0 Å². The van der Waals surface area contributed by atoms with Crippen LogP contribution in [0, 0.1) is 24.2 Å². The van der Waals surface area contributed by atoms with Crippen LogP contribution in [0.1, 0.15) is 37.3 Å². The Kier molecular flexibility index (Phi) is 3.14. The van der Waals surface area contributed by atoms with Crippen LogP contribution in [0.5, 0.6) is 0 Å². The van der Waals surface area contributed by atoms with Crippen LogP contribution < -0.4 is 5.32 Å². The topological polar surface area (TPSA) is 35.8 Å². The van der Waals surface area contributed by atoms with Crippen molar-refractivity contribution in [2.75, 3.05) is 5.32 Å². The average molecular weight is 214 g/mol. The van der Waals surface area contributed by atoms with Gasteiger partial charge >= 0.3 is 0 Å². The molecule has 0 amide bonds. The van der Waals surface area contributed by atoms with Gasteiger partial charge in [0.15, 0.2) is 0 Å². The molecule has 1 aliphatic carbocycles. The first-order valence-electron chi connectivity index (χ1n) is 5.97. The molecule has 1 fully saturated rings. The van der Waals surface area contributed by atoms with Crippen molar-refractivity contribution >= 4 is 5.69 Å². The Balaban J connectivity index is 2.07. The van der Waals surface area contributed by atoms with E-state index >= 15 is 0 Å². The number of hydrogen-bond acceptors (Lipinski definition) is 2. The van der Waals surface area contributed by atoms with Crippen molar-refractivity contribution in [3.63, 3.8) is 0 Å². The quantitative estimate of drug-likeness (QED) is 0.833. The van der Waals surface area contributed by atoms with Crippen LogP contribution in [0.4, 0.5) is 5.69 Å². The SMILES string of the molecule is Cc1cccc(NC(C)CC2CC2)c1C#N. The summed E-state index contributed by atoms with van der Waals surface area (Å²) >= 11 is 0. The number of aryl methyl sites for hydroxylation is 1. The third kappa shape index (κ3) is 2.55. The Morgan fingerprint density at radius 3 is 2.88 bits per heavy atom. The fourth-order valence-electron chi connectivity index (χ4n) is 2.11. The lowest BCUT2D eigenvalue weighted by molar-refractivity contribution is 0.642. The molecule has 0 aromatic heterocycles. The molecule has 84 valence electrons. The highest BCUT2D eigenvalue weighted by molar-refractivity contribution is 5.60. The normalized spacial score (nSPS) is 16.6. The van der Waals surface area contributed by atoms with Gasteiger partial charge in [-0.1, -0.05) is 25.0 Å². The number of benzene rings is 1. The molecule has 1 aromatic rings. The highest BCUT2D eigenvalue weighted by atomic mass is 14.9. The number of anilines is 1. The van der Waals surface area contributed by atoms with Crippen molar-refractivity contribution in [2.45, 2.75) is 39.2 Å². The summed E-state index contributed by atoms with van der Waals surface area (Å²) < 4.78 is 0. The molecule has 1 N–H and O–H groups in total. The molecule has 2 rings (SSSR count). The maximum Gasteiger partial charge on any atom is 0.102 e. The minimum atomic E-state index is 0.460. The van der Waals surface area contributed by atoms with Crippen LogP contribution in [0.25, 0.3) is 0 Å². The van der Waals surface area contributed by atoms with Crippen molar-refractivity contribution in [2.24, 2.45) is 5.92 Å². The second kappa shape index (κ2) is 4.57. The first-order chi connectivity index (χ1) is 7.70. The first kappa shape index (κ1) is 11.0. The summed E-state index contributed by atoms with van der Waals surface area (Å²) in [5, 5.41) is 12.6. The Bertz CT molecular complexity index is 413. The lowest BCUT2D eigenvalue weighted by Crippen LogP contribution is -2.16. The number of rotatable bonds is 4. The van der Waals surface area contributed by atoms with Crippen molar-refractivity contribution in [3.05, 3.63) is 29.3 Å². The molecule has 1 saturated carbocycles. The smallest absolute Gasteiger partial charge is 0.102 e. The predicted molar refractivity (Wildman–Crippen MR) is 66.3 cm³/mol. The third-order valence-corrected chi connectivity index (χ3v) is 3.17. The zero-order chi connectivity index (χ0) is 11.5. The van der Waals surface area contributed by atoms with Crippen LogP contribution in [0.15, 0.2) is 18.2 Å². The van der Waals surface area contributed by atoms with Gasteiger partial charge in [-0.2, -0.15) is 5.26 Å². The molecule has 0 spiro atoms. The minimum Gasteiger partial charge on any atom is -0.382 e. The van der Waals surface area contributed by atoms with Crippen molar-refractivity contribution in [3.8, 4) is 6.07 Å². The van der Waals surface area contributed by atoms with E-state index in [1.54, 1.807) is 0 Å². The Labute approximate surface area is 97.3 Å². The standard InChI is InChI=1S/C14H18N2/c1-10-4-3-5-14(13(10)9-15)16-11(2)8-12-6-7-12/h3-5,11-12,16H,6-8H2,1-2H3. The number of nitrogens with one attached hydrogen (secondary N) is 1. The monoisotopic (exact) mass is 214 g/mol. The van der Waals surface area contributed by atoms with Gasteiger partial charge in [-0.25, -0.2) is 0 Å². The predicted octanol–water partition coefficient (Wildman–Crippen LogP) is 3.47. The fraction of sp³-hybridized carbons (Fsp3) is 0.500. The van der Waals surface area contributed by atoms with Crippen molar-refractivity contribution in [1.82, 2.24) is 0 Å². The van der Waals surface area contributed by atoms with Gasteiger partial charge in [-0.05, 0) is 37.8 Å². The zero-order valence-corrected chi connectivity index (χ0v) is 9.96. The highest BCUT2D eigenvalue weighted by Gasteiger charge is 2.23. The van der Waals surface area contributed by atoms with Crippen LogP contribution in [0.3, 0.4) is 0 Å². The van der Waals surface area contributed by atoms with Crippen LogP contribution in [0.2, 0.25) is 0 Å². The first-order valence-corrected chi connectivity index (χ1v) is 5.97. The number of nitriles is 1. The third-order valence-electron chi connectivity index (χ3n) is 3.17. The Morgan fingerprint density at radius 2 is 2.25 bits per heavy atom. The Hall–Kier alpha value is -1.49. The summed E-state index contributed by atoms with van der Waals surface area (Å²) in [7, 11) is 0. The van der Waals surface area contributed by atoms with E-state index in [1.165, 1.54) is 19.3 Å². The molecule has 0 heterocycles. The summed E-state index contributed by atoms with van der Waals surface area (Å²) in [4.78, 5) is 0. The highest BCUT2D eigenvalue weighted by Crippen LogP contribution is 2.34. The maximum atomic E-state index is 9.12. The molecule has 2 nitrogen and oxygen atoms in total. The summed E-state index contributed by atoms with van der Waals surface area (Å²) in [5.74, 6) is 0.915. The molecule has 0 aliphatic heterocycles. The van der Waals surface area contributed by atoms with Gasteiger partial charge in [0.05, 0.1) is 11.3 Å². The van der Waals surface area contributed by atoms with E-state index in [2.05, 4.69) is 18.3 Å². The van der Waals surface area contributed by atoms with Gasteiger partial charge in [0.1, 0.15) is 6.07 Å².